The second kappa shape index (κ2) is 3.28. The van der Waals surface area contributed by atoms with Crippen molar-refractivity contribution in [1.29, 1.82) is 0 Å². The highest BCUT2D eigenvalue weighted by molar-refractivity contribution is 6.02. The molecular weight excluding hydrogens is 203 g/mol. The standard InChI is InChI=1S/C8H7FN4O2/c1-13-7-4(2-12-13)6(8(14)15-10)5(9)3-11-7/h2-3H,10H2,1H3. The highest BCUT2D eigenvalue weighted by Crippen LogP contribution is 2.19. The van der Waals surface area contributed by atoms with Gasteiger partial charge in [0.15, 0.2) is 11.5 Å². The monoisotopic (exact) mass is 210 g/mol. The first-order valence-electron chi connectivity index (χ1n) is 4.02. The molecule has 0 aliphatic heterocycles. The molecule has 2 aromatic heterocycles. The molecule has 0 aliphatic rings. The second-order valence-corrected chi connectivity index (χ2v) is 2.89. The van der Waals surface area contributed by atoms with Crippen LogP contribution in [0.4, 0.5) is 4.39 Å². The van der Waals surface area contributed by atoms with Crippen LogP contribution in [0.25, 0.3) is 11.0 Å². The van der Waals surface area contributed by atoms with Gasteiger partial charge in [0.2, 0.25) is 0 Å². The number of fused-ring (bicyclic) bond motifs is 1. The van der Waals surface area contributed by atoms with Crippen LogP contribution in [0, 0.1) is 5.82 Å². The zero-order valence-electron chi connectivity index (χ0n) is 7.77. The van der Waals surface area contributed by atoms with Crippen molar-refractivity contribution in [3.8, 4) is 0 Å². The maximum atomic E-state index is 13.3. The van der Waals surface area contributed by atoms with Crippen molar-refractivity contribution in [1.82, 2.24) is 14.8 Å². The minimum absolute atomic E-state index is 0.254. The quantitative estimate of drug-likeness (QED) is 0.677. The van der Waals surface area contributed by atoms with Gasteiger partial charge in [-0.2, -0.15) is 11.0 Å². The Morgan fingerprint density at radius 3 is 3.00 bits per heavy atom. The fourth-order valence-corrected chi connectivity index (χ4v) is 1.34. The van der Waals surface area contributed by atoms with Crippen LogP contribution in [-0.2, 0) is 11.9 Å². The fourth-order valence-electron chi connectivity index (χ4n) is 1.34. The highest BCUT2D eigenvalue weighted by atomic mass is 19.1. The minimum Gasteiger partial charge on any atom is -0.370 e. The lowest BCUT2D eigenvalue weighted by molar-refractivity contribution is 0.0500. The van der Waals surface area contributed by atoms with Gasteiger partial charge in [0.1, 0.15) is 5.56 Å². The average molecular weight is 210 g/mol. The summed E-state index contributed by atoms with van der Waals surface area (Å²) < 4.78 is 14.7. The molecule has 6 nitrogen and oxygen atoms in total. The molecule has 0 spiro atoms. The number of carbonyl (C=O) groups is 1. The van der Waals surface area contributed by atoms with Crippen LogP contribution in [0.1, 0.15) is 10.4 Å². The van der Waals surface area contributed by atoms with Gasteiger partial charge in [-0.15, -0.1) is 0 Å². The van der Waals surface area contributed by atoms with Crippen LogP contribution in [0.3, 0.4) is 0 Å². The maximum absolute atomic E-state index is 13.3. The van der Waals surface area contributed by atoms with Crippen LogP contribution in [0.2, 0.25) is 0 Å². The van der Waals surface area contributed by atoms with Gasteiger partial charge in [0.05, 0.1) is 17.8 Å². The van der Waals surface area contributed by atoms with E-state index in [9.17, 15) is 9.18 Å². The third-order valence-electron chi connectivity index (χ3n) is 2.03. The first-order chi connectivity index (χ1) is 7.15. The van der Waals surface area contributed by atoms with Crippen LogP contribution in [-0.4, -0.2) is 20.7 Å². The topological polar surface area (TPSA) is 83.0 Å². The second-order valence-electron chi connectivity index (χ2n) is 2.89. The molecule has 15 heavy (non-hydrogen) atoms. The van der Waals surface area contributed by atoms with E-state index in [1.54, 1.807) is 7.05 Å². The summed E-state index contributed by atoms with van der Waals surface area (Å²) in [6, 6.07) is 0. The predicted octanol–water partition coefficient (Wildman–Crippen LogP) is 0.138. The largest absolute Gasteiger partial charge is 0.370 e. The van der Waals surface area contributed by atoms with Crippen LogP contribution >= 0.6 is 0 Å². The summed E-state index contributed by atoms with van der Waals surface area (Å²) in [6.45, 7) is 0. The molecular formula is C8H7FN4O2. The van der Waals surface area contributed by atoms with E-state index < -0.39 is 11.8 Å². The van der Waals surface area contributed by atoms with Crippen molar-refractivity contribution in [3.63, 3.8) is 0 Å². The summed E-state index contributed by atoms with van der Waals surface area (Å²) in [5, 5.41) is 4.12. The van der Waals surface area contributed by atoms with E-state index in [-0.39, 0.29) is 10.9 Å². The lowest BCUT2D eigenvalue weighted by atomic mass is 10.2. The van der Waals surface area contributed by atoms with Crippen molar-refractivity contribution in [2.75, 3.05) is 0 Å². The number of halogens is 1. The molecule has 0 atom stereocenters. The van der Waals surface area contributed by atoms with Gasteiger partial charge in [-0.1, -0.05) is 0 Å². The Balaban J connectivity index is 2.80. The number of rotatable bonds is 1. The Labute approximate surface area is 83.4 Å². The van der Waals surface area contributed by atoms with Gasteiger partial charge in [0, 0.05) is 7.05 Å². The van der Waals surface area contributed by atoms with Crippen molar-refractivity contribution in [2.45, 2.75) is 0 Å². The zero-order chi connectivity index (χ0) is 11.0. The molecule has 0 radical (unpaired) electrons. The lowest BCUT2D eigenvalue weighted by Gasteiger charge is -2.01. The van der Waals surface area contributed by atoms with Gasteiger partial charge in [-0.3, -0.25) is 4.68 Å². The molecule has 78 valence electrons. The van der Waals surface area contributed by atoms with Gasteiger partial charge < -0.3 is 4.84 Å². The number of nitrogens with two attached hydrogens (primary N) is 1. The summed E-state index contributed by atoms with van der Waals surface area (Å²) in [4.78, 5) is 19.0. The molecule has 2 aromatic rings. The Kier molecular flexibility index (Phi) is 2.09. The van der Waals surface area contributed by atoms with Crippen molar-refractivity contribution < 1.29 is 14.0 Å². The molecule has 7 heteroatoms. The molecule has 0 fully saturated rings. The summed E-state index contributed by atoms with van der Waals surface area (Å²) in [6.07, 6.45) is 2.26. The number of hydrogen-bond donors (Lipinski definition) is 1. The fraction of sp³-hybridized carbons (Fsp3) is 0.125. The molecule has 0 aliphatic carbocycles. The number of aromatic nitrogens is 3. The van der Waals surface area contributed by atoms with Crippen molar-refractivity contribution in [3.05, 3.63) is 23.8 Å². The van der Waals surface area contributed by atoms with Gasteiger partial charge in [-0.25, -0.2) is 14.2 Å². The molecule has 0 saturated carbocycles. The number of hydrogen-bond acceptors (Lipinski definition) is 5. The zero-order valence-corrected chi connectivity index (χ0v) is 7.77. The highest BCUT2D eigenvalue weighted by Gasteiger charge is 2.19. The molecule has 0 saturated heterocycles. The third-order valence-corrected chi connectivity index (χ3v) is 2.03. The van der Waals surface area contributed by atoms with E-state index in [0.717, 1.165) is 6.20 Å². The first kappa shape index (κ1) is 9.53. The minimum atomic E-state index is -0.951. The molecule has 0 bridgehead atoms. The van der Waals surface area contributed by atoms with Crippen LogP contribution in [0.15, 0.2) is 12.4 Å². The van der Waals surface area contributed by atoms with E-state index in [1.165, 1.54) is 10.9 Å². The Hall–Kier alpha value is -2.02. The number of pyridine rings is 1. The Bertz CT molecular complexity index is 537. The molecule has 0 aromatic carbocycles. The van der Waals surface area contributed by atoms with E-state index in [0.29, 0.717) is 5.65 Å². The SMILES string of the molecule is Cn1ncc2c(C(=O)ON)c(F)cnc21. The van der Waals surface area contributed by atoms with E-state index in [1.807, 2.05) is 0 Å². The molecule has 2 N–H and O–H groups in total. The van der Waals surface area contributed by atoms with Crippen LogP contribution < -0.4 is 5.90 Å². The smallest absolute Gasteiger partial charge is 0.360 e. The molecule has 0 amide bonds. The summed E-state index contributed by atoms with van der Waals surface area (Å²) in [5.74, 6) is 2.97. The van der Waals surface area contributed by atoms with E-state index in [4.69, 9.17) is 5.90 Å². The molecule has 2 rings (SSSR count). The molecule has 2 heterocycles. The van der Waals surface area contributed by atoms with E-state index >= 15 is 0 Å². The third kappa shape index (κ3) is 1.33. The number of carbonyl (C=O) groups excluding carboxylic acids is 1. The maximum Gasteiger partial charge on any atom is 0.360 e. The summed E-state index contributed by atoms with van der Waals surface area (Å²) in [7, 11) is 1.63. The molecule has 0 unspecified atom stereocenters. The van der Waals surface area contributed by atoms with Gasteiger partial charge in [0.25, 0.3) is 0 Å². The average Bonchev–Trinajstić information content (AvgIpc) is 2.59. The number of nitrogens with zero attached hydrogens (tertiary/aromatic N) is 3. The normalized spacial score (nSPS) is 10.6. The predicted molar refractivity (Wildman–Crippen MR) is 48.1 cm³/mol. The lowest BCUT2D eigenvalue weighted by Crippen LogP contribution is -2.12. The Morgan fingerprint density at radius 1 is 1.60 bits per heavy atom. The number of aryl methyl sites for hydroxylation is 1. The van der Waals surface area contributed by atoms with Crippen molar-refractivity contribution in [2.24, 2.45) is 12.9 Å². The van der Waals surface area contributed by atoms with Gasteiger partial charge in [-0.05, 0) is 0 Å². The van der Waals surface area contributed by atoms with E-state index in [2.05, 4.69) is 14.9 Å². The summed E-state index contributed by atoms with van der Waals surface area (Å²) in [5.41, 5.74) is 0.132. The Morgan fingerprint density at radius 2 is 2.33 bits per heavy atom. The van der Waals surface area contributed by atoms with Gasteiger partial charge >= 0.3 is 5.97 Å². The van der Waals surface area contributed by atoms with Crippen molar-refractivity contribution >= 4 is 17.0 Å². The summed E-state index contributed by atoms with van der Waals surface area (Å²) >= 11 is 0. The van der Waals surface area contributed by atoms with Crippen LogP contribution in [0.5, 0.6) is 0 Å². The first-order valence-corrected chi connectivity index (χ1v) is 4.02.